The lowest BCUT2D eigenvalue weighted by atomic mass is 9.97. The van der Waals surface area contributed by atoms with E-state index in [-0.39, 0.29) is 4.90 Å². The maximum Gasteiger partial charge on any atom is 0.335 e. The number of nitrogens with two attached hydrogens (primary N) is 1. The highest BCUT2D eigenvalue weighted by Gasteiger charge is 2.16. The molecule has 0 atom stereocenters. The van der Waals surface area contributed by atoms with Gasteiger partial charge < -0.3 is 4.74 Å². The molecule has 3 rings (SSSR count). The summed E-state index contributed by atoms with van der Waals surface area (Å²) in [6.07, 6.45) is 1.07. The van der Waals surface area contributed by atoms with Gasteiger partial charge in [-0.25, -0.2) is 18.4 Å². The first-order chi connectivity index (χ1) is 11.9. The molecule has 0 radical (unpaired) electrons. The molecule has 2 N–H and O–H groups in total. The largest absolute Gasteiger partial charge is 0.423 e. The molecule has 0 aliphatic carbocycles. The summed E-state index contributed by atoms with van der Waals surface area (Å²) in [4.78, 5) is 11.7. The van der Waals surface area contributed by atoms with Crippen molar-refractivity contribution in [1.82, 2.24) is 0 Å². The van der Waals surface area contributed by atoms with Crippen molar-refractivity contribution >= 4 is 26.8 Å². The molecule has 0 aliphatic rings. The highest BCUT2D eigenvalue weighted by atomic mass is 32.2. The molecule has 3 aromatic carbocycles. The number of rotatable bonds is 4. The van der Waals surface area contributed by atoms with Gasteiger partial charge in [-0.3, -0.25) is 0 Å². The van der Waals surface area contributed by atoms with E-state index >= 15 is 0 Å². The van der Waals surface area contributed by atoms with Crippen LogP contribution in [0.25, 0.3) is 21.9 Å². The number of sulfonamides is 1. The molecule has 25 heavy (non-hydrogen) atoms. The molecule has 0 amide bonds. The third-order valence-corrected chi connectivity index (χ3v) is 4.63. The zero-order chi connectivity index (χ0) is 18.0. The molecule has 0 aromatic heterocycles. The minimum atomic E-state index is -3.85. The monoisotopic (exact) mass is 353 g/mol. The average molecular weight is 353 g/mol. The van der Waals surface area contributed by atoms with Crippen molar-refractivity contribution in [2.75, 3.05) is 0 Å². The van der Waals surface area contributed by atoms with Crippen LogP contribution in [0.15, 0.2) is 78.2 Å². The molecule has 0 bridgehead atoms. The summed E-state index contributed by atoms with van der Waals surface area (Å²) in [7, 11) is -3.85. The minimum absolute atomic E-state index is 0.0149. The van der Waals surface area contributed by atoms with Crippen molar-refractivity contribution < 1.29 is 17.9 Å². The fourth-order valence-corrected chi connectivity index (χ4v) is 3.17. The Kier molecular flexibility index (Phi) is 4.39. The Balaban J connectivity index is 2.31. The van der Waals surface area contributed by atoms with Gasteiger partial charge in [0.1, 0.15) is 5.75 Å². The summed E-state index contributed by atoms with van der Waals surface area (Å²) in [5.41, 5.74) is 1.19. The van der Waals surface area contributed by atoms with Gasteiger partial charge in [0, 0.05) is 11.6 Å². The fourth-order valence-electron chi connectivity index (χ4n) is 2.61. The van der Waals surface area contributed by atoms with Gasteiger partial charge >= 0.3 is 5.97 Å². The summed E-state index contributed by atoms with van der Waals surface area (Å²) in [6.45, 7) is 3.40. The van der Waals surface area contributed by atoms with E-state index in [1.165, 1.54) is 12.1 Å². The first-order valence-electron chi connectivity index (χ1n) is 7.39. The standard InChI is InChI=1S/C19H15NO4S/c1-2-18(21)24-17-11-10-13-6-3-4-9-16(13)19(17)14-7-5-8-15(12-14)25(20,22)23/h2-12H,1H2,(H2,20,22,23). The molecule has 0 fully saturated rings. The Morgan fingerprint density at radius 3 is 2.52 bits per heavy atom. The maximum atomic E-state index is 11.7. The molecule has 0 saturated heterocycles. The number of esters is 1. The highest BCUT2D eigenvalue weighted by Crippen LogP contribution is 2.37. The Hall–Kier alpha value is -2.96. The van der Waals surface area contributed by atoms with Crippen molar-refractivity contribution in [3.63, 3.8) is 0 Å². The van der Waals surface area contributed by atoms with Gasteiger partial charge in [-0.05, 0) is 34.5 Å². The number of fused-ring (bicyclic) bond motifs is 1. The van der Waals surface area contributed by atoms with Crippen LogP contribution >= 0.6 is 0 Å². The lowest BCUT2D eigenvalue weighted by molar-refractivity contribution is -0.128. The van der Waals surface area contributed by atoms with Gasteiger partial charge in [0.15, 0.2) is 0 Å². The molecule has 6 heteroatoms. The van der Waals surface area contributed by atoms with Crippen LogP contribution in [0.1, 0.15) is 0 Å². The molecule has 0 spiro atoms. The van der Waals surface area contributed by atoms with Crippen molar-refractivity contribution in [3.8, 4) is 16.9 Å². The Morgan fingerprint density at radius 1 is 1.04 bits per heavy atom. The van der Waals surface area contributed by atoms with Crippen molar-refractivity contribution in [1.29, 1.82) is 0 Å². The maximum absolute atomic E-state index is 11.7. The molecule has 0 aliphatic heterocycles. The summed E-state index contributed by atoms with van der Waals surface area (Å²) < 4.78 is 28.7. The second kappa shape index (κ2) is 6.51. The SMILES string of the molecule is C=CC(=O)Oc1ccc2ccccc2c1-c1cccc(S(N)(=O)=O)c1. The quantitative estimate of drug-likeness (QED) is 0.443. The predicted octanol–water partition coefficient (Wildman–Crippen LogP) is 3.25. The lowest BCUT2D eigenvalue weighted by Crippen LogP contribution is -2.12. The molecule has 5 nitrogen and oxygen atoms in total. The fraction of sp³-hybridized carbons (Fsp3) is 0. The van der Waals surface area contributed by atoms with E-state index in [4.69, 9.17) is 9.88 Å². The number of hydrogen-bond donors (Lipinski definition) is 1. The minimum Gasteiger partial charge on any atom is -0.423 e. The molecule has 0 unspecified atom stereocenters. The summed E-state index contributed by atoms with van der Waals surface area (Å²) in [5.74, 6) is -0.283. The van der Waals surface area contributed by atoms with E-state index in [1.807, 2.05) is 30.3 Å². The molecule has 126 valence electrons. The van der Waals surface area contributed by atoms with Gasteiger partial charge in [-0.2, -0.15) is 0 Å². The number of hydrogen-bond acceptors (Lipinski definition) is 4. The normalized spacial score (nSPS) is 11.2. The van der Waals surface area contributed by atoms with Gasteiger partial charge in [0.2, 0.25) is 10.0 Å². The first kappa shape index (κ1) is 16.9. The average Bonchev–Trinajstić information content (AvgIpc) is 2.60. The van der Waals surface area contributed by atoms with Crippen LogP contribution in [-0.4, -0.2) is 14.4 Å². The molecule has 0 heterocycles. The van der Waals surface area contributed by atoms with E-state index in [2.05, 4.69) is 6.58 Å². The summed E-state index contributed by atoms with van der Waals surface area (Å²) >= 11 is 0. The number of benzene rings is 3. The van der Waals surface area contributed by atoms with E-state index in [0.29, 0.717) is 16.9 Å². The highest BCUT2D eigenvalue weighted by molar-refractivity contribution is 7.89. The zero-order valence-electron chi connectivity index (χ0n) is 13.2. The zero-order valence-corrected chi connectivity index (χ0v) is 14.0. The number of ether oxygens (including phenoxy) is 1. The van der Waals surface area contributed by atoms with Gasteiger partial charge in [-0.1, -0.05) is 49.0 Å². The number of carbonyl (C=O) groups is 1. The van der Waals surface area contributed by atoms with Crippen LogP contribution < -0.4 is 9.88 Å². The second-order valence-corrected chi connectivity index (χ2v) is 6.92. The molecular formula is C19H15NO4S. The Bertz CT molecular complexity index is 1090. The Morgan fingerprint density at radius 2 is 1.80 bits per heavy atom. The predicted molar refractivity (Wildman–Crippen MR) is 96.6 cm³/mol. The van der Waals surface area contributed by atoms with Crippen LogP contribution in [0.2, 0.25) is 0 Å². The van der Waals surface area contributed by atoms with Gasteiger partial charge in [0.25, 0.3) is 0 Å². The third kappa shape index (κ3) is 3.45. The van der Waals surface area contributed by atoms with Crippen molar-refractivity contribution in [2.45, 2.75) is 4.90 Å². The van der Waals surface area contributed by atoms with Crippen LogP contribution in [0, 0.1) is 0 Å². The summed E-state index contributed by atoms with van der Waals surface area (Å²) in [5, 5.41) is 6.98. The van der Waals surface area contributed by atoms with Crippen LogP contribution in [0.4, 0.5) is 0 Å². The van der Waals surface area contributed by atoms with Crippen molar-refractivity contribution in [2.24, 2.45) is 5.14 Å². The topological polar surface area (TPSA) is 86.5 Å². The van der Waals surface area contributed by atoms with Gasteiger partial charge in [0.05, 0.1) is 4.90 Å². The van der Waals surface area contributed by atoms with E-state index in [1.54, 1.807) is 18.2 Å². The van der Waals surface area contributed by atoms with Crippen molar-refractivity contribution in [3.05, 3.63) is 73.3 Å². The Labute approximate surface area is 145 Å². The molecular weight excluding hydrogens is 338 g/mol. The van der Waals surface area contributed by atoms with E-state index < -0.39 is 16.0 Å². The van der Waals surface area contributed by atoms with Crippen LogP contribution in [-0.2, 0) is 14.8 Å². The molecule has 0 saturated carbocycles. The van der Waals surface area contributed by atoms with Crippen LogP contribution in [0.3, 0.4) is 0 Å². The second-order valence-electron chi connectivity index (χ2n) is 5.36. The smallest absolute Gasteiger partial charge is 0.335 e. The van der Waals surface area contributed by atoms with Crippen LogP contribution in [0.5, 0.6) is 5.75 Å². The number of primary sulfonamides is 1. The number of carbonyl (C=O) groups excluding carboxylic acids is 1. The van der Waals surface area contributed by atoms with Gasteiger partial charge in [-0.15, -0.1) is 0 Å². The van der Waals surface area contributed by atoms with E-state index in [0.717, 1.165) is 16.8 Å². The summed E-state index contributed by atoms with van der Waals surface area (Å²) in [6, 6.07) is 17.2. The van der Waals surface area contributed by atoms with E-state index in [9.17, 15) is 13.2 Å². The first-order valence-corrected chi connectivity index (χ1v) is 8.94. The third-order valence-electron chi connectivity index (χ3n) is 3.72. The molecule has 3 aromatic rings. The lowest BCUT2D eigenvalue weighted by Gasteiger charge is -2.13.